The van der Waals surface area contributed by atoms with Crippen LogP contribution in [0.2, 0.25) is 0 Å². The maximum Gasteiger partial charge on any atom is 0.220 e. The molecule has 0 saturated carbocycles. The summed E-state index contributed by atoms with van der Waals surface area (Å²) < 4.78 is 2.16. The first-order chi connectivity index (χ1) is 14.6. The summed E-state index contributed by atoms with van der Waals surface area (Å²) in [6, 6.07) is 22.7. The van der Waals surface area contributed by atoms with E-state index in [0.717, 1.165) is 5.56 Å². The lowest BCUT2D eigenvalue weighted by Gasteiger charge is -2.24. The molecule has 4 aromatic rings. The molecule has 0 saturated heterocycles. The number of para-hydroxylation sites is 1. The number of amides is 1. The Morgan fingerprint density at radius 3 is 2.47 bits per heavy atom. The molecule has 4 rings (SSSR count). The first kappa shape index (κ1) is 19.9. The zero-order valence-corrected chi connectivity index (χ0v) is 17.5. The number of rotatable bonds is 7. The van der Waals surface area contributed by atoms with E-state index in [2.05, 4.69) is 83.6 Å². The van der Waals surface area contributed by atoms with E-state index in [4.69, 9.17) is 0 Å². The van der Waals surface area contributed by atoms with E-state index >= 15 is 0 Å². The fraction of sp³-hybridized carbons (Fsp3) is 0.231. The molecule has 0 bridgehead atoms. The molecular weight excluding hydrogens is 370 g/mol. The number of hydrogen-bond acceptors (Lipinski definition) is 2. The second-order valence-corrected chi connectivity index (χ2v) is 7.85. The Balaban J connectivity index is 1.62. The van der Waals surface area contributed by atoms with Crippen LogP contribution in [-0.4, -0.2) is 15.5 Å². The number of aromatic nitrogens is 2. The lowest BCUT2D eigenvalue weighted by molar-refractivity contribution is -0.121. The van der Waals surface area contributed by atoms with Crippen molar-refractivity contribution in [1.82, 2.24) is 14.9 Å². The number of pyridine rings is 1. The maximum absolute atomic E-state index is 12.9. The molecule has 2 aromatic heterocycles. The highest BCUT2D eigenvalue weighted by molar-refractivity contribution is 5.86. The molecule has 152 valence electrons. The standard InChI is InChI=1S/C26H27N3O/c1-19(21-8-4-3-5-9-21)23(16-26(30)28-17-20-12-14-27-15-13-20)24-18-29(2)25-11-7-6-10-22(24)25/h3-15,18-19,23H,16-17H2,1-2H3,(H,28,30). The zero-order valence-electron chi connectivity index (χ0n) is 17.5. The number of carbonyl (C=O) groups excluding carboxylic acids is 1. The molecule has 0 aliphatic rings. The molecule has 0 aliphatic heterocycles. The van der Waals surface area contributed by atoms with Gasteiger partial charge in [-0.15, -0.1) is 0 Å². The molecule has 0 radical (unpaired) electrons. The quantitative estimate of drug-likeness (QED) is 0.468. The first-order valence-electron chi connectivity index (χ1n) is 10.4. The largest absolute Gasteiger partial charge is 0.352 e. The third kappa shape index (κ3) is 4.28. The number of nitrogens with zero attached hydrogens (tertiary/aromatic N) is 2. The fourth-order valence-corrected chi connectivity index (χ4v) is 4.19. The summed E-state index contributed by atoms with van der Waals surface area (Å²) in [6.45, 7) is 2.74. The van der Waals surface area contributed by atoms with Crippen LogP contribution < -0.4 is 5.32 Å². The molecule has 2 heterocycles. The van der Waals surface area contributed by atoms with E-state index in [1.54, 1.807) is 12.4 Å². The van der Waals surface area contributed by atoms with Crippen molar-refractivity contribution in [1.29, 1.82) is 0 Å². The second-order valence-electron chi connectivity index (χ2n) is 7.85. The van der Waals surface area contributed by atoms with Gasteiger partial charge in [0.05, 0.1) is 0 Å². The predicted octanol–water partition coefficient (Wildman–Crippen LogP) is 5.17. The monoisotopic (exact) mass is 397 g/mol. The van der Waals surface area contributed by atoms with Crippen molar-refractivity contribution in [3.63, 3.8) is 0 Å². The number of hydrogen-bond donors (Lipinski definition) is 1. The Bertz CT molecular complexity index is 1120. The summed E-state index contributed by atoms with van der Waals surface area (Å²) in [4.78, 5) is 17.0. The zero-order chi connectivity index (χ0) is 20.9. The summed E-state index contributed by atoms with van der Waals surface area (Å²) in [5.74, 6) is 0.354. The maximum atomic E-state index is 12.9. The van der Waals surface area contributed by atoms with Crippen molar-refractivity contribution < 1.29 is 4.79 Å². The Labute approximate surface area is 177 Å². The Morgan fingerprint density at radius 1 is 1.00 bits per heavy atom. The molecule has 2 unspecified atom stereocenters. The highest BCUT2D eigenvalue weighted by Gasteiger charge is 2.26. The number of carbonyl (C=O) groups is 1. The van der Waals surface area contributed by atoms with E-state index in [9.17, 15) is 4.79 Å². The minimum Gasteiger partial charge on any atom is -0.352 e. The smallest absolute Gasteiger partial charge is 0.220 e. The summed E-state index contributed by atoms with van der Waals surface area (Å²) in [5.41, 5.74) is 4.71. The van der Waals surface area contributed by atoms with Gasteiger partial charge in [-0.05, 0) is 40.8 Å². The number of nitrogens with one attached hydrogen (secondary N) is 1. The topological polar surface area (TPSA) is 46.9 Å². The van der Waals surface area contributed by atoms with Gasteiger partial charge in [0.25, 0.3) is 0 Å². The SMILES string of the molecule is CC(c1ccccc1)C(CC(=O)NCc1ccncc1)c1cn(C)c2ccccc12. The molecule has 0 spiro atoms. The molecule has 1 N–H and O–H groups in total. The van der Waals surface area contributed by atoms with E-state index in [0.29, 0.717) is 13.0 Å². The average molecular weight is 398 g/mol. The normalized spacial score (nSPS) is 13.1. The van der Waals surface area contributed by atoms with Crippen LogP contribution >= 0.6 is 0 Å². The van der Waals surface area contributed by atoms with Crippen molar-refractivity contribution in [3.8, 4) is 0 Å². The third-order valence-corrected chi connectivity index (χ3v) is 5.90. The molecule has 1 amide bonds. The van der Waals surface area contributed by atoms with Crippen LogP contribution in [0.15, 0.2) is 85.3 Å². The van der Waals surface area contributed by atoms with Gasteiger partial charge in [-0.1, -0.05) is 55.5 Å². The van der Waals surface area contributed by atoms with Gasteiger partial charge >= 0.3 is 0 Å². The van der Waals surface area contributed by atoms with Crippen molar-refractivity contribution in [2.24, 2.45) is 7.05 Å². The summed E-state index contributed by atoms with van der Waals surface area (Å²) in [6.07, 6.45) is 6.12. The second kappa shape index (κ2) is 8.95. The van der Waals surface area contributed by atoms with Crippen LogP contribution in [0.25, 0.3) is 10.9 Å². The first-order valence-corrected chi connectivity index (χ1v) is 10.4. The van der Waals surface area contributed by atoms with E-state index < -0.39 is 0 Å². The molecule has 4 heteroatoms. The third-order valence-electron chi connectivity index (χ3n) is 5.90. The molecule has 0 aliphatic carbocycles. The fourth-order valence-electron chi connectivity index (χ4n) is 4.19. The van der Waals surface area contributed by atoms with Crippen LogP contribution in [-0.2, 0) is 18.4 Å². The molecule has 30 heavy (non-hydrogen) atoms. The minimum absolute atomic E-state index is 0.0625. The van der Waals surface area contributed by atoms with Crippen LogP contribution in [0.5, 0.6) is 0 Å². The van der Waals surface area contributed by atoms with Gasteiger partial charge in [0.1, 0.15) is 0 Å². The van der Waals surface area contributed by atoms with Gasteiger partial charge < -0.3 is 9.88 Å². The van der Waals surface area contributed by atoms with E-state index in [-0.39, 0.29) is 17.7 Å². The molecule has 2 atom stereocenters. The number of benzene rings is 2. The molecular formula is C26H27N3O. The minimum atomic E-state index is 0.0625. The predicted molar refractivity (Wildman–Crippen MR) is 121 cm³/mol. The van der Waals surface area contributed by atoms with Crippen LogP contribution in [0, 0.1) is 0 Å². The van der Waals surface area contributed by atoms with Crippen molar-refractivity contribution in [3.05, 3.63) is 102 Å². The van der Waals surface area contributed by atoms with Gasteiger partial charge in [-0.25, -0.2) is 0 Å². The Kier molecular flexibility index (Phi) is 5.94. The van der Waals surface area contributed by atoms with Gasteiger partial charge in [-0.2, -0.15) is 0 Å². The highest BCUT2D eigenvalue weighted by atomic mass is 16.1. The number of aryl methyl sites for hydroxylation is 1. The van der Waals surface area contributed by atoms with Crippen molar-refractivity contribution >= 4 is 16.8 Å². The van der Waals surface area contributed by atoms with Gasteiger partial charge in [0.15, 0.2) is 0 Å². The lowest BCUT2D eigenvalue weighted by Crippen LogP contribution is -2.26. The molecule has 0 fully saturated rings. The summed E-state index contributed by atoms with van der Waals surface area (Å²) >= 11 is 0. The summed E-state index contributed by atoms with van der Waals surface area (Å²) in [7, 11) is 2.07. The Hall–Kier alpha value is -3.40. The number of fused-ring (bicyclic) bond motifs is 1. The van der Waals surface area contributed by atoms with Gasteiger partial charge in [0, 0.05) is 55.4 Å². The van der Waals surface area contributed by atoms with Crippen molar-refractivity contribution in [2.45, 2.75) is 31.7 Å². The van der Waals surface area contributed by atoms with Crippen LogP contribution in [0.3, 0.4) is 0 Å². The van der Waals surface area contributed by atoms with E-state index in [1.807, 2.05) is 18.2 Å². The van der Waals surface area contributed by atoms with Gasteiger partial charge in [-0.3, -0.25) is 9.78 Å². The molecule has 4 nitrogen and oxygen atoms in total. The van der Waals surface area contributed by atoms with Crippen LogP contribution in [0.4, 0.5) is 0 Å². The van der Waals surface area contributed by atoms with Crippen molar-refractivity contribution in [2.75, 3.05) is 0 Å². The highest BCUT2D eigenvalue weighted by Crippen LogP contribution is 2.39. The average Bonchev–Trinajstić information content (AvgIpc) is 3.13. The summed E-state index contributed by atoms with van der Waals surface area (Å²) in [5, 5.41) is 4.30. The van der Waals surface area contributed by atoms with Gasteiger partial charge in [0.2, 0.25) is 5.91 Å². The Morgan fingerprint density at radius 2 is 1.70 bits per heavy atom. The van der Waals surface area contributed by atoms with E-state index in [1.165, 1.54) is 22.0 Å². The lowest BCUT2D eigenvalue weighted by atomic mass is 9.80. The van der Waals surface area contributed by atoms with Crippen LogP contribution in [0.1, 0.15) is 41.9 Å². The molecule has 2 aromatic carbocycles.